The molecule has 0 radical (unpaired) electrons. The Kier molecular flexibility index (Phi) is 3.29. The summed E-state index contributed by atoms with van der Waals surface area (Å²) in [5.74, 6) is 0.799. The van der Waals surface area contributed by atoms with E-state index < -0.39 is 0 Å². The van der Waals surface area contributed by atoms with Crippen LogP contribution in [0.5, 0.6) is 0 Å². The lowest BCUT2D eigenvalue weighted by molar-refractivity contribution is 0.924. The smallest absolute Gasteiger partial charge is 0.154 e. The van der Waals surface area contributed by atoms with Crippen LogP contribution < -0.4 is 5.32 Å². The molecule has 108 valence electrons. The van der Waals surface area contributed by atoms with Gasteiger partial charge in [-0.05, 0) is 35.7 Å². The SMILES string of the molecule is c1ccc(CNc2ccc3ncc(-c4ccsc4)n3n2)nc1. The minimum atomic E-state index is 0.641. The highest BCUT2D eigenvalue weighted by Crippen LogP contribution is 2.23. The van der Waals surface area contributed by atoms with E-state index in [0.29, 0.717) is 6.54 Å². The van der Waals surface area contributed by atoms with Gasteiger partial charge in [-0.15, -0.1) is 5.10 Å². The summed E-state index contributed by atoms with van der Waals surface area (Å²) in [4.78, 5) is 8.70. The fourth-order valence-electron chi connectivity index (χ4n) is 2.26. The molecule has 0 saturated carbocycles. The third-order valence-corrected chi connectivity index (χ3v) is 4.04. The molecule has 0 amide bonds. The average molecular weight is 307 g/mol. The van der Waals surface area contributed by atoms with Crippen LogP contribution in [0.3, 0.4) is 0 Å². The van der Waals surface area contributed by atoms with Crippen molar-refractivity contribution in [3.05, 3.63) is 65.2 Å². The van der Waals surface area contributed by atoms with Gasteiger partial charge in [-0.1, -0.05) is 6.07 Å². The first-order valence-electron chi connectivity index (χ1n) is 6.91. The molecule has 0 aliphatic carbocycles. The first kappa shape index (κ1) is 13.0. The van der Waals surface area contributed by atoms with Gasteiger partial charge in [-0.25, -0.2) is 9.50 Å². The number of fused-ring (bicyclic) bond motifs is 1. The Morgan fingerprint density at radius 3 is 2.91 bits per heavy atom. The third-order valence-electron chi connectivity index (χ3n) is 3.36. The van der Waals surface area contributed by atoms with Gasteiger partial charge in [-0.3, -0.25) is 4.98 Å². The first-order valence-corrected chi connectivity index (χ1v) is 7.85. The van der Waals surface area contributed by atoms with Gasteiger partial charge in [-0.2, -0.15) is 11.3 Å². The second kappa shape index (κ2) is 5.57. The fraction of sp³-hybridized carbons (Fsp3) is 0.0625. The first-order chi connectivity index (χ1) is 10.9. The molecule has 22 heavy (non-hydrogen) atoms. The number of rotatable bonds is 4. The molecule has 0 aliphatic rings. The van der Waals surface area contributed by atoms with E-state index in [-0.39, 0.29) is 0 Å². The van der Waals surface area contributed by atoms with Gasteiger partial charge >= 0.3 is 0 Å². The largest absolute Gasteiger partial charge is 0.363 e. The number of imidazole rings is 1. The minimum Gasteiger partial charge on any atom is -0.363 e. The van der Waals surface area contributed by atoms with Gasteiger partial charge in [0.1, 0.15) is 5.82 Å². The Morgan fingerprint density at radius 2 is 2.09 bits per heavy atom. The summed E-state index contributed by atoms with van der Waals surface area (Å²) in [6, 6.07) is 11.8. The molecule has 0 unspecified atom stereocenters. The van der Waals surface area contributed by atoms with E-state index in [0.717, 1.165) is 28.4 Å². The van der Waals surface area contributed by atoms with Crippen molar-refractivity contribution in [3.63, 3.8) is 0 Å². The number of thiophene rings is 1. The Labute approximate surface area is 131 Å². The zero-order chi connectivity index (χ0) is 14.8. The molecule has 0 saturated heterocycles. The fourth-order valence-corrected chi connectivity index (χ4v) is 2.91. The maximum Gasteiger partial charge on any atom is 0.154 e. The van der Waals surface area contributed by atoms with Gasteiger partial charge in [0.2, 0.25) is 0 Å². The number of anilines is 1. The molecule has 4 heterocycles. The van der Waals surface area contributed by atoms with E-state index in [1.54, 1.807) is 17.5 Å². The van der Waals surface area contributed by atoms with Gasteiger partial charge in [0.25, 0.3) is 0 Å². The van der Waals surface area contributed by atoms with E-state index in [1.807, 2.05) is 41.0 Å². The van der Waals surface area contributed by atoms with E-state index in [4.69, 9.17) is 0 Å². The summed E-state index contributed by atoms with van der Waals surface area (Å²) >= 11 is 1.67. The van der Waals surface area contributed by atoms with Crippen molar-refractivity contribution < 1.29 is 0 Å². The van der Waals surface area contributed by atoms with Gasteiger partial charge in [0.05, 0.1) is 24.1 Å². The molecule has 4 aromatic heterocycles. The molecule has 5 nitrogen and oxygen atoms in total. The van der Waals surface area contributed by atoms with E-state index in [9.17, 15) is 0 Å². The molecule has 4 aromatic rings. The van der Waals surface area contributed by atoms with Crippen molar-refractivity contribution in [1.82, 2.24) is 19.6 Å². The highest BCUT2D eigenvalue weighted by atomic mass is 32.1. The lowest BCUT2D eigenvalue weighted by Gasteiger charge is -2.06. The number of hydrogen-bond acceptors (Lipinski definition) is 5. The molecule has 0 aliphatic heterocycles. The van der Waals surface area contributed by atoms with Crippen molar-refractivity contribution in [3.8, 4) is 11.3 Å². The lowest BCUT2D eigenvalue weighted by atomic mass is 10.3. The minimum absolute atomic E-state index is 0.641. The zero-order valence-corrected chi connectivity index (χ0v) is 12.5. The Morgan fingerprint density at radius 1 is 1.09 bits per heavy atom. The Balaban J connectivity index is 1.64. The second-order valence-electron chi connectivity index (χ2n) is 4.82. The molecule has 0 aromatic carbocycles. The van der Waals surface area contributed by atoms with E-state index >= 15 is 0 Å². The van der Waals surface area contributed by atoms with Crippen LogP contribution >= 0.6 is 11.3 Å². The van der Waals surface area contributed by atoms with Gasteiger partial charge in [0.15, 0.2) is 5.65 Å². The van der Waals surface area contributed by atoms with Crippen LogP contribution in [-0.2, 0) is 6.54 Å². The van der Waals surface area contributed by atoms with Crippen LogP contribution in [0.15, 0.2) is 59.6 Å². The second-order valence-corrected chi connectivity index (χ2v) is 5.60. The molecule has 0 spiro atoms. The number of nitrogens with one attached hydrogen (secondary N) is 1. The maximum absolute atomic E-state index is 4.63. The zero-order valence-electron chi connectivity index (χ0n) is 11.7. The standard InChI is InChI=1S/C16H13N5S/c1-2-7-17-13(3-1)9-18-15-4-5-16-19-10-14(21(16)20-15)12-6-8-22-11-12/h1-8,10-11H,9H2,(H,18,20). The number of pyridine rings is 1. The van der Waals surface area contributed by atoms with E-state index in [2.05, 4.69) is 37.2 Å². The molecular formula is C16H13N5S. The van der Waals surface area contributed by atoms with Crippen molar-refractivity contribution in [1.29, 1.82) is 0 Å². The van der Waals surface area contributed by atoms with Gasteiger partial charge in [0, 0.05) is 17.1 Å². The summed E-state index contributed by atoms with van der Waals surface area (Å²) in [6.45, 7) is 0.641. The normalized spacial score (nSPS) is 10.9. The van der Waals surface area contributed by atoms with Crippen molar-refractivity contribution in [2.45, 2.75) is 6.54 Å². The topological polar surface area (TPSA) is 55.1 Å². The van der Waals surface area contributed by atoms with Crippen LogP contribution in [0.25, 0.3) is 16.9 Å². The lowest BCUT2D eigenvalue weighted by Crippen LogP contribution is -2.05. The molecule has 1 N–H and O–H groups in total. The van der Waals surface area contributed by atoms with Crippen LogP contribution in [0.1, 0.15) is 5.69 Å². The summed E-state index contributed by atoms with van der Waals surface area (Å²) in [6.07, 6.45) is 3.64. The summed E-state index contributed by atoms with van der Waals surface area (Å²) < 4.78 is 1.86. The molecule has 0 bridgehead atoms. The number of nitrogens with zero attached hydrogens (tertiary/aromatic N) is 4. The third kappa shape index (κ3) is 2.44. The molecule has 0 fully saturated rings. The van der Waals surface area contributed by atoms with Crippen LogP contribution in [0.2, 0.25) is 0 Å². The number of aromatic nitrogens is 4. The Bertz CT molecular complexity index is 883. The monoisotopic (exact) mass is 307 g/mol. The highest BCUT2D eigenvalue weighted by Gasteiger charge is 2.08. The van der Waals surface area contributed by atoms with Crippen molar-refractivity contribution in [2.75, 3.05) is 5.32 Å². The number of hydrogen-bond donors (Lipinski definition) is 1. The van der Waals surface area contributed by atoms with Crippen LogP contribution in [0.4, 0.5) is 5.82 Å². The van der Waals surface area contributed by atoms with E-state index in [1.165, 1.54) is 0 Å². The molecule has 6 heteroatoms. The van der Waals surface area contributed by atoms with Crippen LogP contribution in [-0.4, -0.2) is 19.6 Å². The summed E-state index contributed by atoms with van der Waals surface area (Å²) in [5, 5.41) is 12.1. The molecule has 0 atom stereocenters. The molecule has 4 rings (SSSR count). The summed E-state index contributed by atoms with van der Waals surface area (Å²) in [5.41, 5.74) is 3.95. The van der Waals surface area contributed by atoms with Crippen molar-refractivity contribution in [2.24, 2.45) is 0 Å². The van der Waals surface area contributed by atoms with Crippen molar-refractivity contribution >= 4 is 22.8 Å². The maximum atomic E-state index is 4.63. The average Bonchev–Trinajstić information content (AvgIpc) is 3.22. The quantitative estimate of drug-likeness (QED) is 0.627. The predicted molar refractivity (Wildman–Crippen MR) is 87.9 cm³/mol. The Hall–Kier alpha value is -2.73. The van der Waals surface area contributed by atoms with Crippen LogP contribution in [0, 0.1) is 0 Å². The molecular weight excluding hydrogens is 294 g/mol. The predicted octanol–water partition coefficient (Wildman–Crippen LogP) is 3.46. The highest BCUT2D eigenvalue weighted by molar-refractivity contribution is 7.08. The summed E-state index contributed by atoms with van der Waals surface area (Å²) in [7, 11) is 0. The van der Waals surface area contributed by atoms with Gasteiger partial charge < -0.3 is 5.32 Å².